The summed E-state index contributed by atoms with van der Waals surface area (Å²) in [7, 11) is 3.68. The number of aliphatic hydroxyl groups is 2. The van der Waals surface area contributed by atoms with Gasteiger partial charge < -0.3 is 34.6 Å². The highest BCUT2D eigenvalue weighted by Crippen LogP contribution is 2.49. The van der Waals surface area contributed by atoms with Gasteiger partial charge >= 0.3 is 0 Å². The minimum Gasteiger partial charge on any atom is -0.507 e. The number of ether oxygens (including phenoxy) is 3. The van der Waals surface area contributed by atoms with Crippen molar-refractivity contribution < 1.29 is 53.8 Å². The molecule has 0 aliphatic heterocycles. The molecule has 2 aromatic rings. The largest absolute Gasteiger partial charge is 0.507 e. The summed E-state index contributed by atoms with van der Waals surface area (Å²) < 4.78 is 15.4. The second-order valence-corrected chi connectivity index (χ2v) is 8.75. The van der Waals surface area contributed by atoms with E-state index in [0.717, 1.165) is 12.1 Å². The van der Waals surface area contributed by atoms with E-state index in [1.165, 1.54) is 41.2 Å². The van der Waals surface area contributed by atoms with Crippen LogP contribution >= 0.6 is 0 Å². The van der Waals surface area contributed by atoms with E-state index in [-0.39, 0.29) is 45.1 Å². The number of Topliss-reactive ketones (excluding diaryl/α,β-unsaturated/α-hetero) is 3. The minimum atomic E-state index is -1.27. The summed E-state index contributed by atoms with van der Waals surface area (Å²) in [6.45, 7) is 2.70. The molecule has 11 nitrogen and oxygen atoms in total. The highest BCUT2D eigenvalue weighted by Gasteiger charge is 2.42. The zero-order valence-corrected chi connectivity index (χ0v) is 21.0. The summed E-state index contributed by atoms with van der Waals surface area (Å²) in [6, 6.07) is 2.33. The van der Waals surface area contributed by atoms with E-state index in [2.05, 4.69) is 0 Å². The molecule has 0 fully saturated rings. The van der Waals surface area contributed by atoms with E-state index in [4.69, 9.17) is 14.2 Å². The van der Waals surface area contributed by atoms with Crippen LogP contribution in [0.25, 0.3) is 5.76 Å². The monoisotopic (exact) mass is 524 g/mol. The van der Waals surface area contributed by atoms with Gasteiger partial charge in [0.25, 0.3) is 0 Å². The fraction of sp³-hybridized carbons (Fsp3) is 0.259. The lowest BCUT2D eigenvalue weighted by Crippen LogP contribution is -2.28. The quantitative estimate of drug-likeness (QED) is 0.409. The number of rotatable bonds is 6. The summed E-state index contributed by atoms with van der Waals surface area (Å²) in [5.74, 6) is -7.47. The topological polar surface area (TPSA) is 177 Å². The molecular formula is C27H24O11. The number of fused-ring (bicyclic) bond motifs is 2. The molecule has 2 atom stereocenters. The van der Waals surface area contributed by atoms with Crippen LogP contribution < -0.4 is 9.47 Å². The summed E-state index contributed by atoms with van der Waals surface area (Å²) >= 11 is 0. The maximum Gasteiger partial charge on any atom is 0.234 e. The third-order valence-electron chi connectivity index (χ3n) is 6.71. The Morgan fingerprint density at radius 2 is 1.24 bits per heavy atom. The number of carbonyl (C=O) groups excluding carboxylic acids is 4. The van der Waals surface area contributed by atoms with Gasteiger partial charge in [-0.15, -0.1) is 0 Å². The molecule has 4 rings (SSSR count). The van der Waals surface area contributed by atoms with Crippen molar-refractivity contribution in [2.45, 2.75) is 25.9 Å². The van der Waals surface area contributed by atoms with E-state index in [0.29, 0.717) is 0 Å². The van der Waals surface area contributed by atoms with E-state index in [1.807, 2.05) is 0 Å². The van der Waals surface area contributed by atoms with Crippen molar-refractivity contribution in [3.63, 3.8) is 0 Å². The van der Waals surface area contributed by atoms with Crippen LogP contribution in [-0.4, -0.2) is 64.9 Å². The van der Waals surface area contributed by atoms with E-state index >= 15 is 0 Å². The van der Waals surface area contributed by atoms with Crippen molar-refractivity contribution in [2.24, 2.45) is 0 Å². The number of ketones is 4. The molecule has 2 unspecified atom stereocenters. The van der Waals surface area contributed by atoms with Gasteiger partial charge in [-0.3, -0.25) is 19.2 Å². The number of hydrogen-bond donors (Lipinski definition) is 4. The maximum absolute atomic E-state index is 13.2. The van der Waals surface area contributed by atoms with Crippen LogP contribution in [0, 0.1) is 0 Å². The number of methoxy groups -OCH3 is 3. The lowest BCUT2D eigenvalue weighted by atomic mass is 9.77. The van der Waals surface area contributed by atoms with Crippen LogP contribution in [-0.2, 0) is 9.53 Å². The molecule has 2 aromatic carbocycles. The molecule has 0 spiro atoms. The normalized spacial score (nSPS) is 16.5. The van der Waals surface area contributed by atoms with Crippen molar-refractivity contribution in [2.75, 3.05) is 21.3 Å². The molecule has 4 N–H and O–H groups in total. The highest BCUT2D eigenvalue weighted by molar-refractivity contribution is 6.52. The van der Waals surface area contributed by atoms with Gasteiger partial charge in [0.15, 0.2) is 11.5 Å². The molecule has 0 bridgehead atoms. The van der Waals surface area contributed by atoms with E-state index < -0.39 is 63.5 Å². The number of benzene rings is 2. The Morgan fingerprint density at radius 3 is 1.76 bits per heavy atom. The first-order chi connectivity index (χ1) is 17.9. The van der Waals surface area contributed by atoms with Crippen molar-refractivity contribution >= 4 is 28.9 Å². The third kappa shape index (κ3) is 3.62. The number of phenols is 2. The Hall–Kier alpha value is -4.64. The summed E-state index contributed by atoms with van der Waals surface area (Å²) in [5, 5.41) is 43.4. The standard InChI is InChI=1S/C27H24O11/c1-9(17-14(36-3)6-11-20(24(17)32)13(29)8-16(38-5)22(11)30)18-25(33)21-12(23(31)27(18)35)7-15(37-4)19(10(2)28)26(21)34/h6-10,28,32-34H,1-5H3. The Bertz CT molecular complexity index is 1510. The Balaban J connectivity index is 2.00. The van der Waals surface area contributed by atoms with Gasteiger partial charge in [-0.05, 0) is 19.1 Å². The van der Waals surface area contributed by atoms with Gasteiger partial charge in [-0.25, -0.2) is 0 Å². The van der Waals surface area contributed by atoms with Crippen LogP contribution in [0.5, 0.6) is 23.0 Å². The van der Waals surface area contributed by atoms with Gasteiger partial charge in [0, 0.05) is 28.7 Å². The highest BCUT2D eigenvalue weighted by atomic mass is 16.5. The Labute approximate surface area is 216 Å². The van der Waals surface area contributed by atoms with Gasteiger partial charge in [0.05, 0.1) is 49.7 Å². The average molecular weight is 524 g/mol. The van der Waals surface area contributed by atoms with Crippen molar-refractivity contribution in [1.29, 1.82) is 0 Å². The molecule has 2 aliphatic rings. The number of allylic oxidation sites excluding steroid dienone is 3. The van der Waals surface area contributed by atoms with Crippen molar-refractivity contribution in [3.8, 4) is 23.0 Å². The van der Waals surface area contributed by atoms with Crippen LogP contribution in [0.15, 0.2) is 29.5 Å². The van der Waals surface area contributed by atoms with E-state index in [1.54, 1.807) is 0 Å². The number of carbonyl (C=O) groups is 4. The minimum absolute atomic E-state index is 0.0673. The first-order valence-electron chi connectivity index (χ1n) is 11.3. The summed E-state index contributed by atoms with van der Waals surface area (Å²) in [6.07, 6.45) is -0.355. The smallest absolute Gasteiger partial charge is 0.234 e. The first-order valence-corrected chi connectivity index (χ1v) is 11.3. The van der Waals surface area contributed by atoms with Gasteiger partial charge in [-0.1, -0.05) is 6.92 Å². The third-order valence-corrected chi connectivity index (χ3v) is 6.71. The maximum atomic E-state index is 13.2. The average Bonchev–Trinajstić information content (AvgIpc) is 2.87. The first kappa shape index (κ1) is 26.4. The van der Waals surface area contributed by atoms with E-state index in [9.17, 15) is 39.6 Å². The predicted molar refractivity (Wildman–Crippen MR) is 131 cm³/mol. The Kier molecular flexibility index (Phi) is 6.50. The lowest BCUT2D eigenvalue weighted by Gasteiger charge is -2.27. The fourth-order valence-corrected chi connectivity index (χ4v) is 4.90. The molecule has 2 aliphatic carbocycles. The molecule has 0 heterocycles. The molecular weight excluding hydrogens is 500 g/mol. The summed E-state index contributed by atoms with van der Waals surface area (Å²) in [4.78, 5) is 51.8. The van der Waals surface area contributed by atoms with Crippen molar-refractivity contribution in [1.82, 2.24) is 0 Å². The SMILES string of the molecule is COC1=CC(=O)c2c(cc(OC)c(C(C)C3=C(O)c4c(cc(OC)c(C(C)O)c4O)C(=O)C3=O)c2O)C1=O. The van der Waals surface area contributed by atoms with Gasteiger partial charge in [0.1, 0.15) is 28.8 Å². The zero-order valence-electron chi connectivity index (χ0n) is 21.0. The van der Waals surface area contributed by atoms with Gasteiger partial charge in [0.2, 0.25) is 17.3 Å². The zero-order chi connectivity index (χ0) is 28.2. The molecule has 0 aromatic heterocycles. The second-order valence-electron chi connectivity index (χ2n) is 8.75. The van der Waals surface area contributed by atoms with Gasteiger partial charge in [-0.2, -0.15) is 0 Å². The number of hydrogen-bond acceptors (Lipinski definition) is 11. The predicted octanol–water partition coefficient (Wildman–Crippen LogP) is 2.92. The summed E-state index contributed by atoms with van der Waals surface area (Å²) in [5.41, 5.74) is -2.08. The van der Waals surface area contributed by atoms with Crippen LogP contribution in [0.2, 0.25) is 0 Å². The molecule has 38 heavy (non-hydrogen) atoms. The number of aliphatic hydroxyl groups excluding tert-OH is 2. The molecule has 0 saturated heterocycles. The molecule has 11 heteroatoms. The Morgan fingerprint density at radius 1 is 0.711 bits per heavy atom. The van der Waals surface area contributed by atoms with Crippen molar-refractivity contribution in [3.05, 3.63) is 62.9 Å². The molecule has 198 valence electrons. The number of aromatic hydroxyl groups is 2. The number of phenolic OH excluding ortho intramolecular Hbond substituents is 2. The molecule has 0 radical (unpaired) electrons. The molecule has 0 amide bonds. The van der Waals surface area contributed by atoms with Crippen LogP contribution in [0.4, 0.5) is 0 Å². The molecule has 0 saturated carbocycles. The van der Waals surface area contributed by atoms with Crippen LogP contribution in [0.3, 0.4) is 0 Å². The lowest BCUT2D eigenvalue weighted by molar-refractivity contribution is -0.112. The van der Waals surface area contributed by atoms with Crippen LogP contribution in [0.1, 0.15) is 73.6 Å². The second kappa shape index (κ2) is 9.34. The fourth-order valence-electron chi connectivity index (χ4n) is 4.90.